The first-order chi connectivity index (χ1) is 18.1. The average Bonchev–Trinajstić information content (AvgIpc) is 2.96. The fourth-order valence-corrected chi connectivity index (χ4v) is 8.41. The van der Waals surface area contributed by atoms with Gasteiger partial charge in [0.05, 0.1) is 19.3 Å². The number of ether oxygens (including phenoxy) is 2. The van der Waals surface area contributed by atoms with E-state index in [1.165, 1.54) is 64.2 Å². The summed E-state index contributed by atoms with van der Waals surface area (Å²) in [5, 5.41) is 0. The van der Waals surface area contributed by atoms with Crippen LogP contribution in [0.15, 0.2) is 24.8 Å². The van der Waals surface area contributed by atoms with Crippen molar-refractivity contribution >= 4 is 0 Å². The standard InChI is InChI=1S/C33H48F2O2/c1-3-22-5-7-27(8-6-22)30-19-17-28(21-37-30)25-11-9-23(10-12-25)24-13-15-26(16-14-24)29-18-20-31(36-4-2)33(35)32(29)34/h3,18,20,22-28,30H,1,4-17,19,21H2,2H3. The molecule has 1 saturated heterocycles. The van der Waals surface area contributed by atoms with Crippen LogP contribution in [0.3, 0.4) is 0 Å². The van der Waals surface area contributed by atoms with E-state index in [1.54, 1.807) is 19.1 Å². The van der Waals surface area contributed by atoms with Crippen molar-refractivity contribution in [3.05, 3.63) is 42.0 Å². The molecule has 3 saturated carbocycles. The summed E-state index contributed by atoms with van der Waals surface area (Å²) in [4.78, 5) is 0. The SMILES string of the molecule is C=CC1CCC(C2CCC(C3CCC(C4CCC(c5ccc(OCC)c(F)c5F)CC4)CC3)CO2)CC1. The Kier molecular flexibility index (Phi) is 9.27. The molecule has 1 aliphatic heterocycles. The van der Waals surface area contributed by atoms with Crippen molar-refractivity contribution in [2.75, 3.05) is 13.2 Å². The van der Waals surface area contributed by atoms with Gasteiger partial charge in [-0.15, -0.1) is 6.58 Å². The first kappa shape index (κ1) is 27.2. The molecule has 5 rings (SSSR count). The highest BCUT2D eigenvalue weighted by molar-refractivity contribution is 5.33. The van der Waals surface area contributed by atoms with Gasteiger partial charge in [0.15, 0.2) is 11.6 Å². The van der Waals surface area contributed by atoms with Gasteiger partial charge in [-0.05, 0) is 150 Å². The second-order valence-corrected chi connectivity index (χ2v) is 12.6. The van der Waals surface area contributed by atoms with Crippen LogP contribution in [0.1, 0.15) is 108 Å². The molecule has 4 fully saturated rings. The number of halogens is 2. The zero-order valence-electron chi connectivity index (χ0n) is 22.9. The first-order valence-electron chi connectivity index (χ1n) is 15.4. The van der Waals surface area contributed by atoms with E-state index < -0.39 is 11.6 Å². The Morgan fingerprint density at radius 3 is 1.89 bits per heavy atom. The minimum atomic E-state index is -0.821. The summed E-state index contributed by atoms with van der Waals surface area (Å²) < 4.78 is 40.8. The van der Waals surface area contributed by atoms with Crippen LogP contribution in [0, 0.1) is 47.1 Å². The second kappa shape index (κ2) is 12.6. The van der Waals surface area contributed by atoms with Gasteiger partial charge in [0.25, 0.3) is 0 Å². The summed E-state index contributed by atoms with van der Waals surface area (Å²) in [6.45, 7) is 7.10. The van der Waals surface area contributed by atoms with E-state index in [0.717, 1.165) is 67.8 Å². The Labute approximate surface area is 223 Å². The molecule has 4 heteroatoms. The van der Waals surface area contributed by atoms with Crippen molar-refractivity contribution in [2.24, 2.45) is 35.5 Å². The molecule has 0 spiro atoms. The first-order valence-corrected chi connectivity index (χ1v) is 15.4. The van der Waals surface area contributed by atoms with Gasteiger partial charge >= 0.3 is 0 Å². The van der Waals surface area contributed by atoms with Crippen molar-refractivity contribution in [2.45, 2.75) is 109 Å². The van der Waals surface area contributed by atoms with Gasteiger partial charge < -0.3 is 9.47 Å². The normalized spacial score (nSPS) is 37.2. The van der Waals surface area contributed by atoms with Crippen LogP contribution in [0.2, 0.25) is 0 Å². The van der Waals surface area contributed by atoms with Crippen LogP contribution < -0.4 is 4.74 Å². The average molecular weight is 515 g/mol. The predicted molar refractivity (Wildman–Crippen MR) is 146 cm³/mol. The van der Waals surface area contributed by atoms with E-state index >= 15 is 0 Å². The summed E-state index contributed by atoms with van der Waals surface area (Å²) in [6, 6.07) is 3.36. The molecule has 0 amide bonds. The highest BCUT2D eigenvalue weighted by Crippen LogP contribution is 2.47. The minimum Gasteiger partial charge on any atom is -0.491 e. The van der Waals surface area contributed by atoms with Crippen LogP contribution >= 0.6 is 0 Å². The third kappa shape index (κ3) is 6.26. The van der Waals surface area contributed by atoms with E-state index in [2.05, 4.69) is 12.7 Å². The summed E-state index contributed by atoms with van der Waals surface area (Å²) in [7, 11) is 0. The molecule has 206 valence electrons. The zero-order chi connectivity index (χ0) is 25.8. The molecule has 0 radical (unpaired) electrons. The van der Waals surface area contributed by atoms with Gasteiger partial charge in [0.2, 0.25) is 5.82 Å². The summed E-state index contributed by atoms with van der Waals surface area (Å²) in [5.74, 6) is 3.32. The molecule has 37 heavy (non-hydrogen) atoms. The largest absolute Gasteiger partial charge is 0.491 e. The van der Waals surface area contributed by atoms with Crippen LogP contribution in [-0.2, 0) is 4.74 Å². The van der Waals surface area contributed by atoms with Crippen molar-refractivity contribution in [3.63, 3.8) is 0 Å². The molecular weight excluding hydrogens is 466 g/mol. The topological polar surface area (TPSA) is 18.5 Å². The van der Waals surface area contributed by atoms with E-state index in [4.69, 9.17) is 9.47 Å². The Balaban J connectivity index is 1.04. The summed E-state index contributed by atoms with van der Waals surface area (Å²) in [5.41, 5.74) is 0.549. The quantitative estimate of drug-likeness (QED) is 0.338. The van der Waals surface area contributed by atoms with E-state index in [-0.39, 0.29) is 11.7 Å². The van der Waals surface area contributed by atoms with Crippen molar-refractivity contribution in [3.8, 4) is 5.75 Å². The van der Waals surface area contributed by atoms with Crippen LogP contribution in [0.4, 0.5) is 8.78 Å². The molecule has 3 aliphatic carbocycles. The van der Waals surface area contributed by atoms with Gasteiger partial charge in [-0.2, -0.15) is 4.39 Å². The molecule has 0 aromatic heterocycles. The fourth-order valence-electron chi connectivity index (χ4n) is 8.41. The van der Waals surface area contributed by atoms with Gasteiger partial charge in [0, 0.05) is 0 Å². The minimum absolute atomic E-state index is 0.0312. The van der Waals surface area contributed by atoms with Crippen molar-refractivity contribution in [1.29, 1.82) is 0 Å². The van der Waals surface area contributed by atoms with Gasteiger partial charge in [-0.25, -0.2) is 4.39 Å². The molecule has 0 bridgehead atoms. The molecule has 2 atom stereocenters. The Morgan fingerprint density at radius 2 is 1.32 bits per heavy atom. The molecule has 1 aromatic carbocycles. The van der Waals surface area contributed by atoms with Crippen molar-refractivity contribution < 1.29 is 18.3 Å². The van der Waals surface area contributed by atoms with Gasteiger partial charge in [-0.3, -0.25) is 0 Å². The van der Waals surface area contributed by atoms with Crippen LogP contribution in [0.25, 0.3) is 0 Å². The molecule has 2 unspecified atom stereocenters. The Hall–Kier alpha value is -1.42. The molecule has 2 nitrogen and oxygen atoms in total. The van der Waals surface area contributed by atoms with Gasteiger partial charge in [-0.1, -0.05) is 12.1 Å². The highest BCUT2D eigenvalue weighted by Gasteiger charge is 2.37. The Morgan fingerprint density at radius 1 is 0.757 bits per heavy atom. The van der Waals surface area contributed by atoms with Crippen LogP contribution in [-0.4, -0.2) is 19.3 Å². The summed E-state index contributed by atoms with van der Waals surface area (Å²) in [6.07, 6.45) is 20.2. The molecule has 1 aromatic rings. The monoisotopic (exact) mass is 514 g/mol. The van der Waals surface area contributed by atoms with Crippen LogP contribution in [0.5, 0.6) is 5.75 Å². The maximum absolute atomic E-state index is 14.7. The molecule has 4 aliphatic rings. The number of hydrogen-bond acceptors (Lipinski definition) is 2. The zero-order valence-corrected chi connectivity index (χ0v) is 22.9. The molecule has 0 N–H and O–H groups in total. The second-order valence-electron chi connectivity index (χ2n) is 12.6. The maximum Gasteiger partial charge on any atom is 0.200 e. The number of benzene rings is 1. The summed E-state index contributed by atoms with van der Waals surface area (Å²) >= 11 is 0. The number of rotatable bonds is 7. The lowest BCUT2D eigenvalue weighted by Crippen LogP contribution is -2.37. The fraction of sp³-hybridized carbons (Fsp3) is 0.758. The van der Waals surface area contributed by atoms with Crippen molar-refractivity contribution in [1.82, 2.24) is 0 Å². The number of hydrogen-bond donors (Lipinski definition) is 0. The smallest absolute Gasteiger partial charge is 0.200 e. The molecule has 1 heterocycles. The lowest BCUT2D eigenvalue weighted by molar-refractivity contribution is -0.0738. The Bertz CT molecular complexity index is 869. The van der Waals surface area contributed by atoms with E-state index in [1.807, 2.05) is 0 Å². The third-order valence-corrected chi connectivity index (χ3v) is 10.8. The predicted octanol–water partition coefficient (Wildman–Crippen LogP) is 9.23. The van der Waals surface area contributed by atoms with Gasteiger partial charge in [0.1, 0.15) is 0 Å². The third-order valence-electron chi connectivity index (χ3n) is 10.8. The molecular formula is C33H48F2O2. The van der Waals surface area contributed by atoms with E-state index in [0.29, 0.717) is 18.3 Å². The van der Waals surface area contributed by atoms with E-state index in [9.17, 15) is 8.78 Å². The lowest BCUT2D eigenvalue weighted by atomic mass is 9.66. The lowest BCUT2D eigenvalue weighted by Gasteiger charge is -2.43. The maximum atomic E-state index is 14.7. The highest BCUT2D eigenvalue weighted by atomic mass is 19.2. The number of allylic oxidation sites excluding steroid dienone is 1.